The average molecular weight is 296 g/mol. The Kier molecular flexibility index (Phi) is 6.30. The molecule has 5 nitrogen and oxygen atoms in total. The Labute approximate surface area is 129 Å². The van der Waals surface area contributed by atoms with Crippen molar-refractivity contribution in [2.45, 2.75) is 76.6 Å². The molecule has 0 bridgehead atoms. The zero-order valence-electron chi connectivity index (χ0n) is 13.8. The van der Waals surface area contributed by atoms with Gasteiger partial charge in [0.05, 0.1) is 12.6 Å². The van der Waals surface area contributed by atoms with Crippen molar-refractivity contribution in [1.82, 2.24) is 15.5 Å². The quantitative estimate of drug-likeness (QED) is 0.511. The number of likely N-dealkylation sites (N-methyl/N-ethyl adjacent to an activating group) is 1. The molecule has 0 aromatic heterocycles. The molecule has 0 spiro atoms. The van der Waals surface area contributed by atoms with E-state index < -0.39 is 0 Å². The molecule has 2 aliphatic rings. The Bertz CT molecular complexity index is 335. The highest BCUT2D eigenvalue weighted by molar-refractivity contribution is 5.80. The van der Waals surface area contributed by atoms with Crippen LogP contribution >= 0.6 is 0 Å². The molecule has 0 amide bonds. The summed E-state index contributed by atoms with van der Waals surface area (Å²) in [6.07, 6.45) is 6.44. The number of nitrogens with zero attached hydrogens (tertiary/aromatic N) is 2. The van der Waals surface area contributed by atoms with Crippen LogP contribution in [0.3, 0.4) is 0 Å². The Morgan fingerprint density at radius 2 is 1.90 bits per heavy atom. The highest BCUT2D eigenvalue weighted by Crippen LogP contribution is 2.26. The maximum atomic E-state index is 9.58. The zero-order chi connectivity index (χ0) is 15.2. The molecule has 2 fully saturated rings. The Balaban J connectivity index is 1.80. The standard InChI is InChI=1S/C16H32N4O/c1-4-17-16(19-13-5-9-15(21)10-6-13)18-11-12(2)20(3)14-7-8-14/h12-15,21H,4-11H2,1-3H3,(H2,17,18,19). The molecule has 0 radical (unpaired) electrons. The maximum Gasteiger partial charge on any atom is 0.191 e. The van der Waals surface area contributed by atoms with Gasteiger partial charge in [-0.15, -0.1) is 0 Å². The monoisotopic (exact) mass is 296 g/mol. The SMILES string of the molecule is CCNC(=NCC(C)N(C)C1CC1)NC1CCC(O)CC1. The predicted octanol–water partition coefficient (Wildman–Crippen LogP) is 1.33. The van der Waals surface area contributed by atoms with E-state index in [1.54, 1.807) is 0 Å². The van der Waals surface area contributed by atoms with Gasteiger partial charge in [0.2, 0.25) is 0 Å². The molecule has 2 rings (SSSR count). The van der Waals surface area contributed by atoms with Crippen molar-refractivity contribution in [2.24, 2.45) is 4.99 Å². The first-order valence-electron chi connectivity index (χ1n) is 8.55. The van der Waals surface area contributed by atoms with Crippen molar-refractivity contribution in [1.29, 1.82) is 0 Å². The Morgan fingerprint density at radius 3 is 2.48 bits per heavy atom. The van der Waals surface area contributed by atoms with Gasteiger partial charge in [-0.1, -0.05) is 0 Å². The summed E-state index contributed by atoms with van der Waals surface area (Å²) in [5.41, 5.74) is 0. The van der Waals surface area contributed by atoms with Gasteiger partial charge >= 0.3 is 0 Å². The third kappa shape index (κ3) is 5.47. The molecule has 2 aliphatic carbocycles. The van der Waals surface area contributed by atoms with Gasteiger partial charge in [0.15, 0.2) is 5.96 Å². The fourth-order valence-corrected chi connectivity index (χ4v) is 2.93. The van der Waals surface area contributed by atoms with Crippen LogP contribution in [0, 0.1) is 0 Å². The topological polar surface area (TPSA) is 59.9 Å². The predicted molar refractivity (Wildman–Crippen MR) is 87.6 cm³/mol. The molecule has 0 heterocycles. The summed E-state index contributed by atoms with van der Waals surface area (Å²) in [7, 11) is 2.21. The largest absolute Gasteiger partial charge is 0.393 e. The summed E-state index contributed by atoms with van der Waals surface area (Å²) < 4.78 is 0. The van der Waals surface area contributed by atoms with Crippen molar-refractivity contribution < 1.29 is 5.11 Å². The number of aliphatic hydroxyl groups excluding tert-OH is 1. The number of guanidine groups is 1. The van der Waals surface area contributed by atoms with Gasteiger partial charge in [0.1, 0.15) is 0 Å². The first-order chi connectivity index (χ1) is 10.1. The van der Waals surface area contributed by atoms with E-state index in [-0.39, 0.29) is 6.10 Å². The lowest BCUT2D eigenvalue weighted by Gasteiger charge is -2.28. The van der Waals surface area contributed by atoms with E-state index in [2.05, 4.69) is 36.4 Å². The summed E-state index contributed by atoms with van der Waals surface area (Å²) >= 11 is 0. The third-order valence-electron chi connectivity index (χ3n) is 4.71. The maximum absolute atomic E-state index is 9.58. The average Bonchev–Trinajstić information content (AvgIpc) is 3.31. The van der Waals surface area contributed by atoms with Gasteiger partial charge in [-0.2, -0.15) is 0 Å². The Morgan fingerprint density at radius 1 is 1.24 bits per heavy atom. The van der Waals surface area contributed by atoms with E-state index in [0.29, 0.717) is 12.1 Å². The molecule has 3 N–H and O–H groups in total. The Hall–Kier alpha value is -0.810. The number of nitrogens with one attached hydrogen (secondary N) is 2. The first-order valence-corrected chi connectivity index (χ1v) is 8.55. The van der Waals surface area contributed by atoms with Gasteiger partial charge in [0.25, 0.3) is 0 Å². The minimum atomic E-state index is -0.102. The second-order valence-electron chi connectivity index (χ2n) is 6.62. The smallest absolute Gasteiger partial charge is 0.191 e. The van der Waals surface area contributed by atoms with E-state index >= 15 is 0 Å². The minimum Gasteiger partial charge on any atom is -0.393 e. The second kappa shape index (κ2) is 7.99. The molecule has 5 heteroatoms. The fourth-order valence-electron chi connectivity index (χ4n) is 2.93. The lowest BCUT2D eigenvalue weighted by atomic mass is 9.93. The lowest BCUT2D eigenvalue weighted by molar-refractivity contribution is 0.120. The molecule has 0 saturated heterocycles. The first kappa shape index (κ1) is 16.6. The van der Waals surface area contributed by atoms with Crippen LogP contribution in [0.15, 0.2) is 4.99 Å². The number of aliphatic imine (C=N–C) groups is 1. The van der Waals surface area contributed by atoms with Crippen LogP contribution in [-0.4, -0.2) is 60.3 Å². The lowest BCUT2D eigenvalue weighted by Crippen LogP contribution is -2.46. The second-order valence-corrected chi connectivity index (χ2v) is 6.62. The molecule has 21 heavy (non-hydrogen) atoms. The van der Waals surface area contributed by atoms with Crippen LogP contribution in [0.2, 0.25) is 0 Å². The summed E-state index contributed by atoms with van der Waals surface area (Å²) in [6.45, 7) is 6.07. The molecule has 122 valence electrons. The summed E-state index contributed by atoms with van der Waals surface area (Å²) in [6, 6.07) is 1.72. The van der Waals surface area contributed by atoms with Gasteiger partial charge in [-0.3, -0.25) is 9.89 Å². The van der Waals surface area contributed by atoms with Crippen LogP contribution in [0.4, 0.5) is 0 Å². The van der Waals surface area contributed by atoms with Crippen molar-refractivity contribution in [3.05, 3.63) is 0 Å². The molecule has 1 atom stereocenters. The van der Waals surface area contributed by atoms with Crippen LogP contribution < -0.4 is 10.6 Å². The zero-order valence-corrected chi connectivity index (χ0v) is 13.8. The van der Waals surface area contributed by atoms with E-state index in [4.69, 9.17) is 4.99 Å². The molecular weight excluding hydrogens is 264 g/mol. The number of rotatable bonds is 6. The van der Waals surface area contributed by atoms with E-state index in [9.17, 15) is 5.11 Å². The summed E-state index contributed by atoms with van der Waals surface area (Å²) in [4.78, 5) is 7.20. The summed E-state index contributed by atoms with van der Waals surface area (Å²) in [5, 5.41) is 16.4. The minimum absolute atomic E-state index is 0.102. The van der Waals surface area contributed by atoms with Crippen LogP contribution in [0.25, 0.3) is 0 Å². The fraction of sp³-hybridized carbons (Fsp3) is 0.938. The highest BCUT2D eigenvalue weighted by atomic mass is 16.3. The van der Waals surface area contributed by atoms with Gasteiger partial charge in [-0.25, -0.2) is 0 Å². The van der Waals surface area contributed by atoms with Crippen LogP contribution in [0.5, 0.6) is 0 Å². The van der Waals surface area contributed by atoms with Crippen molar-refractivity contribution in [2.75, 3.05) is 20.1 Å². The van der Waals surface area contributed by atoms with E-state index in [1.165, 1.54) is 12.8 Å². The van der Waals surface area contributed by atoms with Crippen LogP contribution in [0.1, 0.15) is 52.4 Å². The number of hydrogen-bond donors (Lipinski definition) is 3. The number of aliphatic hydroxyl groups is 1. The third-order valence-corrected chi connectivity index (χ3v) is 4.71. The van der Waals surface area contributed by atoms with E-state index in [0.717, 1.165) is 50.8 Å². The molecule has 0 aromatic rings. The highest BCUT2D eigenvalue weighted by Gasteiger charge is 2.29. The van der Waals surface area contributed by atoms with Crippen molar-refractivity contribution >= 4 is 5.96 Å². The van der Waals surface area contributed by atoms with Gasteiger partial charge in [0, 0.05) is 24.7 Å². The summed E-state index contributed by atoms with van der Waals surface area (Å²) in [5.74, 6) is 0.926. The van der Waals surface area contributed by atoms with Crippen molar-refractivity contribution in [3.8, 4) is 0 Å². The molecular formula is C16H32N4O. The normalized spacial score (nSPS) is 28.5. The van der Waals surface area contributed by atoms with Gasteiger partial charge < -0.3 is 15.7 Å². The van der Waals surface area contributed by atoms with Gasteiger partial charge in [-0.05, 0) is 59.4 Å². The van der Waals surface area contributed by atoms with Crippen molar-refractivity contribution in [3.63, 3.8) is 0 Å². The van der Waals surface area contributed by atoms with E-state index in [1.807, 2.05) is 0 Å². The molecule has 0 aromatic carbocycles. The number of hydrogen-bond acceptors (Lipinski definition) is 3. The molecule has 1 unspecified atom stereocenters. The van der Waals surface area contributed by atoms with Crippen LogP contribution in [-0.2, 0) is 0 Å². The molecule has 2 saturated carbocycles. The molecule has 0 aliphatic heterocycles.